The van der Waals surface area contributed by atoms with Gasteiger partial charge in [-0.2, -0.15) is 0 Å². The third kappa shape index (κ3) is 3.95. The predicted octanol–water partition coefficient (Wildman–Crippen LogP) is 2.62. The first kappa shape index (κ1) is 13.3. The second-order valence-corrected chi connectivity index (χ2v) is 5.60. The van der Waals surface area contributed by atoms with Crippen LogP contribution < -0.4 is 5.32 Å². The number of rotatable bonds is 3. The van der Waals surface area contributed by atoms with Crippen LogP contribution in [0.1, 0.15) is 31.2 Å². The minimum absolute atomic E-state index is 0.0386. The Balaban J connectivity index is 1.81. The van der Waals surface area contributed by atoms with Crippen LogP contribution >= 0.6 is 15.9 Å². The molecule has 18 heavy (non-hydrogen) atoms. The maximum absolute atomic E-state index is 11.8. The lowest BCUT2D eigenvalue weighted by atomic mass is 9.94. The molecule has 1 amide bonds. The van der Waals surface area contributed by atoms with Crippen LogP contribution in [0.15, 0.2) is 28.7 Å². The zero-order valence-corrected chi connectivity index (χ0v) is 11.7. The molecule has 3 nitrogen and oxygen atoms in total. The standard InChI is InChI=1S/C14H16BrNO2/c15-11-3-1-10(2-4-11)9-14(18)16-12-5-7-13(17)8-6-12/h1-4,12H,5-9H2,(H,16,18). The maximum atomic E-state index is 11.8. The van der Waals surface area contributed by atoms with Crippen molar-refractivity contribution in [3.8, 4) is 0 Å². The summed E-state index contributed by atoms with van der Waals surface area (Å²) in [6.45, 7) is 0. The number of halogens is 1. The molecule has 0 bridgehead atoms. The van der Waals surface area contributed by atoms with Crippen molar-refractivity contribution in [3.63, 3.8) is 0 Å². The lowest BCUT2D eigenvalue weighted by Crippen LogP contribution is -2.38. The van der Waals surface area contributed by atoms with E-state index in [1.165, 1.54) is 0 Å². The Kier molecular flexibility index (Phi) is 4.53. The molecular formula is C14H16BrNO2. The first-order valence-corrected chi connectivity index (χ1v) is 6.98. The Morgan fingerprint density at radius 2 is 1.83 bits per heavy atom. The fourth-order valence-electron chi connectivity index (χ4n) is 2.15. The van der Waals surface area contributed by atoms with Gasteiger partial charge in [0.2, 0.25) is 5.91 Å². The first-order chi connectivity index (χ1) is 8.63. The number of carbonyl (C=O) groups excluding carboxylic acids is 2. The van der Waals surface area contributed by atoms with Gasteiger partial charge in [0.05, 0.1) is 6.42 Å². The predicted molar refractivity (Wildman–Crippen MR) is 73.3 cm³/mol. The monoisotopic (exact) mass is 309 g/mol. The van der Waals surface area contributed by atoms with Gasteiger partial charge in [-0.25, -0.2) is 0 Å². The molecule has 2 rings (SSSR count). The van der Waals surface area contributed by atoms with Gasteiger partial charge in [-0.3, -0.25) is 9.59 Å². The van der Waals surface area contributed by atoms with Crippen molar-refractivity contribution in [2.75, 3.05) is 0 Å². The van der Waals surface area contributed by atoms with Crippen molar-refractivity contribution >= 4 is 27.6 Å². The van der Waals surface area contributed by atoms with E-state index in [9.17, 15) is 9.59 Å². The van der Waals surface area contributed by atoms with Gasteiger partial charge < -0.3 is 5.32 Å². The molecule has 96 valence electrons. The molecule has 0 aliphatic heterocycles. The average Bonchev–Trinajstić information content (AvgIpc) is 2.35. The van der Waals surface area contributed by atoms with Gasteiger partial charge in [-0.1, -0.05) is 28.1 Å². The maximum Gasteiger partial charge on any atom is 0.224 e. The quantitative estimate of drug-likeness (QED) is 0.933. The SMILES string of the molecule is O=C1CCC(NC(=O)Cc2ccc(Br)cc2)CC1. The highest BCUT2D eigenvalue weighted by Crippen LogP contribution is 2.15. The number of benzene rings is 1. The van der Waals surface area contributed by atoms with E-state index in [1.54, 1.807) is 0 Å². The zero-order valence-electron chi connectivity index (χ0n) is 10.1. The van der Waals surface area contributed by atoms with Crippen LogP contribution in [0.2, 0.25) is 0 Å². The van der Waals surface area contributed by atoms with Crippen molar-refractivity contribution in [2.24, 2.45) is 0 Å². The van der Waals surface area contributed by atoms with E-state index in [1.807, 2.05) is 24.3 Å². The van der Waals surface area contributed by atoms with Gasteiger partial charge in [0.15, 0.2) is 0 Å². The van der Waals surface area contributed by atoms with Crippen LogP contribution in [0, 0.1) is 0 Å². The number of nitrogens with one attached hydrogen (secondary N) is 1. The summed E-state index contributed by atoms with van der Waals surface area (Å²) in [6.07, 6.45) is 3.17. The third-order valence-electron chi connectivity index (χ3n) is 3.19. The van der Waals surface area contributed by atoms with Gasteiger partial charge >= 0.3 is 0 Å². The van der Waals surface area contributed by atoms with Gasteiger partial charge in [0, 0.05) is 23.4 Å². The minimum atomic E-state index is 0.0386. The van der Waals surface area contributed by atoms with Crippen molar-refractivity contribution in [1.29, 1.82) is 0 Å². The zero-order chi connectivity index (χ0) is 13.0. The van der Waals surface area contributed by atoms with Crippen LogP contribution in [-0.4, -0.2) is 17.7 Å². The van der Waals surface area contributed by atoms with Crippen molar-refractivity contribution in [1.82, 2.24) is 5.32 Å². The van der Waals surface area contributed by atoms with Gasteiger partial charge in [0.25, 0.3) is 0 Å². The van der Waals surface area contributed by atoms with Crippen LogP contribution in [0.4, 0.5) is 0 Å². The Hall–Kier alpha value is -1.16. The second-order valence-electron chi connectivity index (χ2n) is 4.68. The van der Waals surface area contributed by atoms with Gasteiger partial charge in [-0.15, -0.1) is 0 Å². The highest BCUT2D eigenvalue weighted by Gasteiger charge is 2.20. The summed E-state index contributed by atoms with van der Waals surface area (Å²) in [7, 11) is 0. The van der Waals surface area contributed by atoms with Crippen LogP contribution in [0.25, 0.3) is 0 Å². The number of carbonyl (C=O) groups is 2. The molecule has 1 aromatic rings. The summed E-state index contributed by atoms with van der Waals surface area (Å²) >= 11 is 3.36. The van der Waals surface area contributed by atoms with E-state index in [2.05, 4.69) is 21.2 Å². The largest absolute Gasteiger partial charge is 0.353 e. The summed E-state index contributed by atoms with van der Waals surface area (Å²) in [5.74, 6) is 0.352. The highest BCUT2D eigenvalue weighted by molar-refractivity contribution is 9.10. The molecule has 0 unspecified atom stereocenters. The van der Waals surface area contributed by atoms with E-state index in [-0.39, 0.29) is 11.9 Å². The molecule has 1 saturated carbocycles. The number of hydrogen-bond donors (Lipinski definition) is 1. The van der Waals surface area contributed by atoms with E-state index in [0.717, 1.165) is 22.9 Å². The van der Waals surface area contributed by atoms with Crippen LogP contribution in [-0.2, 0) is 16.0 Å². The Morgan fingerprint density at radius 3 is 2.44 bits per heavy atom. The van der Waals surface area contributed by atoms with Gasteiger partial charge in [0.1, 0.15) is 5.78 Å². The fraction of sp³-hybridized carbons (Fsp3) is 0.429. The third-order valence-corrected chi connectivity index (χ3v) is 3.71. The number of hydrogen-bond acceptors (Lipinski definition) is 2. The number of Topliss-reactive ketones (excluding diaryl/α,β-unsaturated/α-hetero) is 1. The highest BCUT2D eigenvalue weighted by atomic mass is 79.9. The molecule has 1 aliphatic rings. The lowest BCUT2D eigenvalue weighted by Gasteiger charge is -2.22. The second kappa shape index (κ2) is 6.14. The van der Waals surface area contributed by atoms with Crippen molar-refractivity contribution in [3.05, 3.63) is 34.3 Å². The lowest BCUT2D eigenvalue weighted by molar-refractivity contribution is -0.124. The Labute approximate surface area is 115 Å². The molecule has 4 heteroatoms. The molecule has 1 N–H and O–H groups in total. The average molecular weight is 310 g/mol. The van der Waals surface area contributed by atoms with Gasteiger partial charge in [-0.05, 0) is 30.5 Å². The molecular weight excluding hydrogens is 294 g/mol. The number of amides is 1. The molecule has 0 aromatic heterocycles. The van der Waals surface area contributed by atoms with E-state index in [4.69, 9.17) is 0 Å². The molecule has 1 fully saturated rings. The molecule has 1 aromatic carbocycles. The normalized spacial score (nSPS) is 16.6. The summed E-state index contributed by atoms with van der Waals surface area (Å²) in [4.78, 5) is 22.9. The summed E-state index contributed by atoms with van der Waals surface area (Å²) < 4.78 is 1.01. The first-order valence-electron chi connectivity index (χ1n) is 6.19. The summed E-state index contributed by atoms with van der Waals surface area (Å²) in [5, 5.41) is 3.00. The summed E-state index contributed by atoms with van der Waals surface area (Å²) in [6, 6.07) is 7.91. The molecule has 0 radical (unpaired) electrons. The minimum Gasteiger partial charge on any atom is -0.353 e. The summed E-state index contributed by atoms with van der Waals surface area (Å²) in [5.41, 5.74) is 1.00. The van der Waals surface area contributed by atoms with Crippen LogP contribution in [0.5, 0.6) is 0 Å². The van der Waals surface area contributed by atoms with Crippen molar-refractivity contribution in [2.45, 2.75) is 38.1 Å². The van der Waals surface area contributed by atoms with E-state index in [0.29, 0.717) is 25.0 Å². The molecule has 0 spiro atoms. The van der Waals surface area contributed by atoms with Crippen LogP contribution in [0.3, 0.4) is 0 Å². The smallest absolute Gasteiger partial charge is 0.224 e. The number of ketones is 1. The fourth-order valence-corrected chi connectivity index (χ4v) is 2.41. The molecule has 0 atom stereocenters. The Morgan fingerprint density at radius 1 is 1.22 bits per heavy atom. The van der Waals surface area contributed by atoms with E-state index < -0.39 is 0 Å². The van der Waals surface area contributed by atoms with Crippen molar-refractivity contribution < 1.29 is 9.59 Å². The molecule has 1 aliphatic carbocycles. The topological polar surface area (TPSA) is 46.2 Å². The Bertz CT molecular complexity index is 432. The molecule has 0 heterocycles. The van der Waals surface area contributed by atoms with E-state index >= 15 is 0 Å². The molecule has 0 saturated heterocycles.